The van der Waals surface area contributed by atoms with Gasteiger partial charge < -0.3 is 14.6 Å². The van der Waals surface area contributed by atoms with E-state index in [2.05, 4.69) is 84.7 Å². The third-order valence-corrected chi connectivity index (χ3v) is 7.64. The normalized spacial score (nSPS) is 19.3. The molecule has 2 heterocycles. The van der Waals surface area contributed by atoms with Crippen molar-refractivity contribution in [2.75, 3.05) is 23.3 Å². The minimum absolute atomic E-state index is 0.0662. The van der Waals surface area contributed by atoms with Crippen molar-refractivity contribution in [2.24, 2.45) is 0 Å². The molecule has 2 unspecified atom stereocenters. The Labute approximate surface area is 206 Å². The fourth-order valence-corrected chi connectivity index (χ4v) is 5.93. The van der Waals surface area contributed by atoms with Crippen molar-refractivity contribution < 1.29 is 9.21 Å². The van der Waals surface area contributed by atoms with E-state index in [9.17, 15) is 4.79 Å². The molecule has 1 aromatic heterocycles. The van der Waals surface area contributed by atoms with Crippen molar-refractivity contribution in [1.82, 2.24) is 0 Å². The lowest BCUT2D eigenvalue weighted by Crippen LogP contribution is -2.30. The Kier molecular flexibility index (Phi) is 5.44. The van der Waals surface area contributed by atoms with Gasteiger partial charge in [0.15, 0.2) is 5.78 Å². The first-order chi connectivity index (χ1) is 17.2. The molecule has 2 atom stereocenters. The van der Waals surface area contributed by atoms with Gasteiger partial charge in [0, 0.05) is 54.0 Å². The van der Waals surface area contributed by atoms with Gasteiger partial charge in [0.05, 0.1) is 6.26 Å². The summed E-state index contributed by atoms with van der Waals surface area (Å²) in [6.45, 7) is 6.30. The number of carbonyl (C=O) groups is 1. The number of hydrogen-bond acceptors (Lipinski definition) is 4. The van der Waals surface area contributed by atoms with Crippen LogP contribution in [-0.4, -0.2) is 18.9 Å². The lowest BCUT2D eigenvalue weighted by molar-refractivity contribution is -0.116. The number of fused-ring (bicyclic) bond motifs is 3. The van der Waals surface area contributed by atoms with Gasteiger partial charge in [0.1, 0.15) is 5.76 Å². The van der Waals surface area contributed by atoms with Gasteiger partial charge >= 0.3 is 0 Å². The molecular weight excluding hydrogens is 432 g/mol. The van der Waals surface area contributed by atoms with E-state index in [4.69, 9.17) is 4.42 Å². The molecule has 1 aliphatic carbocycles. The van der Waals surface area contributed by atoms with E-state index in [1.807, 2.05) is 12.1 Å². The molecule has 0 saturated carbocycles. The minimum Gasteiger partial charge on any atom is -0.469 e. The molecule has 6 rings (SSSR count). The van der Waals surface area contributed by atoms with Gasteiger partial charge in [-0.3, -0.25) is 4.79 Å². The van der Waals surface area contributed by atoms with Gasteiger partial charge in [0.2, 0.25) is 0 Å². The van der Waals surface area contributed by atoms with E-state index in [0.717, 1.165) is 47.8 Å². The highest BCUT2D eigenvalue weighted by Gasteiger charge is 2.39. The van der Waals surface area contributed by atoms with Crippen LogP contribution in [0.25, 0.3) is 10.8 Å². The maximum absolute atomic E-state index is 13.8. The number of allylic oxidation sites excluding steroid dienone is 2. The van der Waals surface area contributed by atoms with Crippen LogP contribution in [0.2, 0.25) is 0 Å². The van der Waals surface area contributed by atoms with Crippen LogP contribution in [0.3, 0.4) is 0 Å². The molecule has 0 amide bonds. The smallest absolute Gasteiger partial charge is 0.162 e. The Balaban J connectivity index is 1.52. The second kappa shape index (κ2) is 8.77. The van der Waals surface area contributed by atoms with Crippen molar-refractivity contribution in [2.45, 2.75) is 38.5 Å². The molecule has 176 valence electrons. The maximum atomic E-state index is 13.8. The quantitative estimate of drug-likeness (QED) is 0.340. The van der Waals surface area contributed by atoms with E-state index in [-0.39, 0.29) is 17.6 Å². The number of carbonyl (C=O) groups excluding carboxylic acids is 1. The average Bonchev–Trinajstić information content (AvgIpc) is 3.44. The summed E-state index contributed by atoms with van der Waals surface area (Å²) in [7, 11) is 0. The zero-order valence-electron chi connectivity index (χ0n) is 20.3. The number of rotatable bonds is 5. The number of hydrogen-bond donors (Lipinski definition) is 1. The Morgan fingerprint density at radius 2 is 1.71 bits per heavy atom. The number of anilines is 2. The standard InChI is InChI=1S/C31H30N2O2/c1-3-33(4-2)23-14-11-21(12-15-23)29-30-24-9-6-5-8-20(24)13-16-25(30)32-26-18-22(19-27(34)31(26)29)28-10-7-17-35-28/h5-17,22,29,32H,3-4,18-19H2,1-2H3. The van der Waals surface area contributed by atoms with E-state index >= 15 is 0 Å². The Bertz CT molecular complexity index is 1410. The zero-order chi connectivity index (χ0) is 23.9. The summed E-state index contributed by atoms with van der Waals surface area (Å²) in [5.41, 5.74) is 6.61. The largest absolute Gasteiger partial charge is 0.469 e. The SMILES string of the molecule is CCN(CC)c1ccc(C2C3=C(CC(c4ccco4)CC3=O)Nc3ccc4ccccc4c32)cc1. The van der Waals surface area contributed by atoms with E-state index in [1.54, 1.807) is 6.26 Å². The van der Waals surface area contributed by atoms with Crippen molar-refractivity contribution in [3.05, 3.63) is 107 Å². The lowest BCUT2D eigenvalue weighted by atomic mass is 9.71. The van der Waals surface area contributed by atoms with Crippen LogP contribution in [-0.2, 0) is 4.79 Å². The number of furan rings is 1. The highest BCUT2D eigenvalue weighted by Crippen LogP contribution is 2.50. The zero-order valence-corrected chi connectivity index (χ0v) is 20.3. The summed E-state index contributed by atoms with van der Waals surface area (Å²) in [5.74, 6) is 1.06. The molecule has 2 aliphatic rings. The highest BCUT2D eigenvalue weighted by atomic mass is 16.3. The summed E-state index contributed by atoms with van der Waals surface area (Å²) in [6, 6.07) is 25.5. The van der Waals surface area contributed by atoms with Gasteiger partial charge in [-0.2, -0.15) is 0 Å². The van der Waals surface area contributed by atoms with Crippen molar-refractivity contribution in [1.29, 1.82) is 0 Å². The van der Waals surface area contributed by atoms with E-state index < -0.39 is 0 Å². The van der Waals surface area contributed by atoms with Crippen LogP contribution < -0.4 is 10.2 Å². The van der Waals surface area contributed by atoms with E-state index in [0.29, 0.717) is 6.42 Å². The van der Waals surface area contributed by atoms with E-state index in [1.165, 1.54) is 22.0 Å². The summed E-state index contributed by atoms with van der Waals surface area (Å²) < 4.78 is 5.69. The fourth-order valence-electron chi connectivity index (χ4n) is 5.93. The Morgan fingerprint density at radius 3 is 2.46 bits per heavy atom. The molecule has 4 nitrogen and oxygen atoms in total. The van der Waals surface area contributed by atoms with Gasteiger partial charge in [-0.15, -0.1) is 0 Å². The topological polar surface area (TPSA) is 45.5 Å². The van der Waals surface area contributed by atoms with Gasteiger partial charge in [-0.1, -0.05) is 42.5 Å². The second-order valence-electron chi connectivity index (χ2n) is 9.51. The Hall–Kier alpha value is -3.79. The number of benzene rings is 3. The first-order valence-electron chi connectivity index (χ1n) is 12.6. The number of nitrogens with one attached hydrogen (secondary N) is 1. The van der Waals surface area contributed by atoms with Gasteiger partial charge in [-0.25, -0.2) is 0 Å². The molecule has 4 heteroatoms. The molecule has 1 aliphatic heterocycles. The maximum Gasteiger partial charge on any atom is 0.162 e. The first kappa shape index (κ1) is 21.7. The summed E-state index contributed by atoms with van der Waals surface area (Å²) in [4.78, 5) is 16.1. The number of nitrogens with zero attached hydrogens (tertiary/aromatic N) is 1. The van der Waals surface area contributed by atoms with Crippen LogP contribution in [0.1, 0.15) is 55.4 Å². The van der Waals surface area contributed by atoms with Gasteiger partial charge in [0.25, 0.3) is 0 Å². The monoisotopic (exact) mass is 462 g/mol. The average molecular weight is 463 g/mol. The molecule has 0 saturated heterocycles. The summed E-state index contributed by atoms with van der Waals surface area (Å²) in [6.07, 6.45) is 2.94. The van der Waals surface area contributed by atoms with Crippen LogP contribution in [0.5, 0.6) is 0 Å². The molecule has 0 radical (unpaired) electrons. The molecule has 3 aromatic carbocycles. The second-order valence-corrected chi connectivity index (χ2v) is 9.51. The molecule has 0 bridgehead atoms. The third kappa shape index (κ3) is 3.65. The Morgan fingerprint density at radius 1 is 0.914 bits per heavy atom. The highest BCUT2D eigenvalue weighted by molar-refractivity contribution is 6.04. The molecule has 1 N–H and O–H groups in total. The van der Waals surface area contributed by atoms with Crippen LogP contribution >= 0.6 is 0 Å². The molecular formula is C31H30N2O2. The summed E-state index contributed by atoms with van der Waals surface area (Å²) >= 11 is 0. The first-order valence-corrected chi connectivity index (χ1v) is 12.6. The molecule has 0 spiro atoms. The van der Waals surface area contributed by atoms with Crippen LogP contribution in [0.4, 0.5) is 11.4 Å². The minimum atomic E-state index is -0.0943. The van der Waals surface area contributed by atoms with Gasteiger partial charge in [-0.05, 0) is 72.5 Å². The predicted octanol–water partition coefficient (Wildman–Crippen LogP) is 7.24. The van der Waals surface area contributed by atoms with Crippen molar-refractivity contribution in [3.8, 4) is 0 Å². The molecule has 0 fully saturated rings. The molecule has 4 aromatic rings. The molecule has 35 heavy (non-hydrogen) atoms. The third-order valence-electron chi connectivity index (χ3n) is 7.64. The number of Topliss-reactive ketones (excluding diaryl/α,β-unsaturated/α-hetero) is 1. The predicted molar refractivity (Wildman–Crippen MR) is 142 cm³/mol. The number of ketones is 1. The fraction of sp³-hybridized carbons (Fsp3) is 0.258. The summed E-state index contributed by atoms with van der Waals surface area (Å²) in [5, 5.41) is 6.06. The van der Waals surface area contributed by atoms with Crippen LogP contribution in [0.15, 0.2) is 94.7 Å². The lowest BCUT2D eigenvalue weighted by Gasteiger charge is -2.37. The van der Waals surface area contributed by atoms with Crippen molar-refractivity contribution in [3.63, 3.8) is 0 Å². The van der Waals surface area contributed by atoms with Crippen molar-refractivity contribution >= 4 is 27.9 Å². The van der Waals surface area contributed by atoms with Crippen LogP contribution in [0, 0.1) is 0 Å².